The first-order valence-electron chi connectivity index (χ1n) is 4.72. The van der Waals surface area contributed by atoms with Gasteiger partial charge >= 0.3 is 0 Å². The summed E-state index contributed by atoms with van der Waals surface area (Å²) in [5.41, 5.74) is 0. The summed E-state index contributed by atoms with van der Waals surface area (Å²) in [6, 6.07) is 0. The number of hydrogen-bond acceptors (Lipinski definition) is 2. The summed E-state index contributed by atoms with van der Waals surface area (Å²) in [5.74, 6) is 0.856. The van der Waals surface area contributed by atoms with Crippen LogP contribution in [0.3, 0.4) is 0 Å². The van der Waals surface area contributed by atoms with Crippen molar-refractivity contribution in [2.75, 3.05) is 13.1 Å². The van der Waals surface area contributed by atoms with E-state index in [9.17, 15) is 0 Å². The molecule has 0 amide bonds. The van der Waals surface area contributed by atoms with Crippen molar-refractivity contribution < 1.29 is 0 Å². The minimum absolute atomic E-state index is 0.856. The molecule has 2 heterocycles. The fourth-order valence-corrected chi connectivity index (χ4v) is 2.14. The second-order valence-corrected chi connectivity index (χ2v) is 4.37. The number of rotatable bonds is 3. The van der Waals surface area contributed by atoms with E-state index < -0.39 is 0 Å². The van der Waals surface area contributed by atoms with Gasteiger partial charge in [-0.15, -0.1) is 0 Å². The van der Waals surface area contributed by atoms with Crippen LogP contribution in [0.5, 0.6) is 0 Å². The Morgan fingerprint density at radius 2 is 2.62 bits per heavy atom. The molecule has 1 atom stereocenters. The zero-order chi connectivity index (χ0) is 9.10. The number of imidazole rings is 1. The molecule has 72 valence electrons. The monoisotopic (exact) mass is 243 g/mol. The van der Waals surface area contributed by atoms with Gasteiger partial charge < -0.3 is 9.88 Å². The van der Waals surface area contributed by atoms with Gasteiger partial charge in [0.15, 0.2) is 0 Å². The molecule has 0 saturated carbocycles. The van der Waals surface area contributed by atoms with Crippen LogP contribution in [0, 0.1) is 5.92 Å². The number of nitrogens with one attached hydrogen (secondary N) is 1. The summed E-state index contributed by atoms with van der Waals surface area (Å²) in [6.07, 6.45) is 6.30. The maximum absolute atomic E-state index is 4.07. The Kier molecular flexibility index (Phi) is 3.01. The summed E-state index contributed by atoms with van der Waals surface area (Å²) in [5, 5.41) is 3.38. The number of aryl methyl sites for hydroxylation is 1. The molecular formula is C9H14BrN3. The molecular weight excluding hydrogens is 230 g/mol. The normalized spacial score (nSPS) is 22.4. The van der Waals surface area contributed by atoms with Crippen LogP contribution in [0.4, 0.5) is 0 Å². The topological polar surface area (TPSA) is 29.9 Å². The van der Waals surface area contributed by atoms with Gasteiger partial charge in [-0.3, -0.25) is 0 Å². The minimum Gasteiger partial charge on any atom is -0.325 e. The maximum atomic E-state index is 4.07. The molecule has 1 saturated heterocycles. The van der Waals surface area contributed by atoms with E-state index in [1.165, 1.54) is 25.9 Å². The largest absolute Gasteiger partial charge is 0.325 e. The lowest BCUT2D eigenvalue weighted by atomic mass is 10.1. The van der Waals surface area contributed by atoms with Crippen molar-refractivity contribution in [3.63, 3.8) is 0 Å². The molecule has 2 rings (SSSR count). The highest BCUT2D eigenvalue weighted by Crippen LogP contribution is 2.15. The maximum Gasteiger partial charge on any atom is 0.104 e. The zero-order valence-corrected chi connectivity index (χ0v) is 9.13. The average molecular weight is 244 g/mol. The van der Waals surface area contributed by atoms with Crippen LogP contribution in [0.25, 0.3) is 0 Å². The lowest BCUT2D eigenvalue weighted by molar-refractivity contribution is 0.477. The van der Waals surface area contributed by atoms with Gasteiger partial charge in [0.05, 0.1) is 12.5 Å². The molecule has 4 heteroatoms. The first kappa shape index (κ1) is 9.21. The number of halogens is 1. The number of nitrogens with zero attached hydrogens (tertiary/aromatic N) is 2. The zero-order valence-electron chi connectivity index (χ0n) is 7.54. The molecule has 0 aromatic carbocycles. The number of aromatic nitrogens is 2. The predicted octanol–water partition coefficient (Wildman–Crippen LogP) is 1.65. The Morgan fingerprint density at radius 1 is 1.69 bits per heavy atom. The van der Waals surface area contributed by atoms with Crippen molar-refractivity contribution in [1.82, 2.24) is 14.9 Å². The summed E-state index contributed by atoms with van der Waals surface area (Å²) in [6.45, 7) is 3.45. The predicted molar refractivity (Wildman–Crippen MR) is 55.5 cm³/mol. The molecule has 13 heavy (non-hydrogen) atoms. The van der Waals surface area contributed by atoms with E-state index in [0.29, 0.717) is 0 Å². The van der Waals surface area contributed by atoms with Gasteiger partial charge in [0.1, 0.15) is 4.60 Å². The Hall–Kier alpha value is -0.350. The highest BCUT2D eigenvalue weighted by Gasteiger charge is 2.14. The van der Waals surface area contributed by atoms with Crippen LogP contribution in [-0.4, -0.2) is 22.6 Å². The molecule has 1 unspecified atom stereocenters. The fraction of sp³-hybridized carbons (Fsp3) is 0.667. The molecule has 0 spiro atoms. The van der Waals surface area contributed by atoms with E-state index in [2.05, 4.69) is 30.8 Å². The molecule has 3 nitrogen and oxygen atoms in total. The van der Waals surface area contributed by atoms with Gasteiger partial charge in [0.25, 0.3) is 0 Å². The molecule has 0 bridgehead atoms. The third kappa shape index (κ3) is 2.31. The lowest BCUT2D eigenvalue weighted by Gasteiger charge is -2.08. The Morgan fingerprint density at radius 3 is 3.23 bits per heavy atom. The molecule has 0 radical (unpaired) electrons. The third-order valence-corrected chi connectivity index (χ3v) is 3.26. The smallest absolute Gasteiger partial charge is 0.104 e. The molecule has 1 N–H and O–H groups in total. The quantitative estimate of drug-likeness (QED) is 0.876. The molecule has 1 aliphatic heterocycles. The van der Waals surface area contributed by atoms with Gasteiger partial charge in [-0.1, -0.05) is 0 Å². The molecule has 1 aromatic rings. The van der Waals surface area contributed by atoms with Crippen LogP contribution in [0.15, 0.2) is 17.1 Å². The second-order valence-electron chi connectivity index (χ2n) is 3.56. The standard InChI is InChI=1S/C9H14BrN3/c10-9-6-12-7-13(9)4-2-8-1-3-11-5-8/h6-8,11H,1-5H2. The van der Waals surface area contributed by atoms with E-state index in [1.54, 1.807) is 0 Å². The van der Waals surface area contributed by atoms with Gasteiger partial charge in [-0.05, 0) is 47.8 Å². The van der Waals surface area contributed by atoms with Crippen LogP contribution < -0.4 is 5.32 Å². The highest BCUT2D eigenvalue weighted by atomic mass is 79.9. The van der Waals surface area contributed by atoms with Crippen molar-refractivity contribution >= 4 is 15.9 Å². The van der Waals surface area contributed by atoms with Crippen molar-refractivity contribution in [1.29, 1.82) is 0 Å². The van der Waals surface area contributed by atoms with Crippen molar-refractivity contribution in [2.45, 2.75) is 19.4 Å². The molecule has 1 aromatic heterocycles. The van der Waals surface area contributed by atoms with E-state index in [0.717, 1.165) is 17.1 Å². The van der Waals surface area contributed by atoms with Crippen LogP contribution in [-0.2, 0) is 6.54 Å². The van der Waals surface area contributed by atoms with E-state index in [-0.39, 0.29) is 0 Å². The lowest BCUT2D eigenvalue weighted by Crippen LogP contribution is -2.11. The van der Waals surface area contributed by atoms with Crippen LogP contribution in [0.2, 0.25) is 0 Å². The summed E-state index contributed by atoms with van der Waals surface area (Å²) < 4.78 is 3.23. The van der Waals surface area contributed by atoms with Crippen molar-refractivity contribution in [3.05, 3.63) is 17.1 Å². The SMILES string of the molecule is Brc1cncn1CCC1CCNC1. The molecule has 0 aliphatic carbocycles. The Balaban J connectivity index is 1.82. The van der Waals surface area contributed by atoms with Gasteiger partial charge in [-0.25, -0.2) is 4.98 Å². The van der Waals surface area contributed by atoms with Crippen LogP contribution in [0.1, 0.15) is 12.8 Å². The fourth-order valence-electron chi connectivity index (χ4n) is 1.75. The second kappa shape index (κ2) is 4.24. The van der Waals surface area contributed by atoms with Gasteiger partial charge in [-0.2, -0.15) is 0 Å². The van der Waals surface area contributed by atoms with Crippen molar-refractivity contribution in [2.24, 2.45) is 5.92 Å². The van der Waals surface area contributed by atoms with E-state index in [4.69, 9.17) is 0 Å². The Bertz CT molecular complexity index is 266. The summed E-state index contributed by atoms with van der Waals surface area (Å²) in [7, 11) is 0. The molecule has 1 aliphatic rings. The highest BCUT2D eigenvalue weighted by molar-refractivity contribution is 9.10. The average Bonchev–Trinajstić information content (AvgIpc) is 2.72. The van der Waals surface area contributed by atoms with E-state index >= 15 is 0 Å². The van der Waals surface area contributed by atoms with Crippen LogP contribution >= 0.6 is 15.9 Å². The minimum atomic E-state index is 0.856. The number of hydrogen-bond donors (Lipinski definition) is 1. The molecule has 1 fully saturated rings. The summed E-state index contributed by atoms with van der Waals surface area (Å²) >= 11 is 3.46. The van der Waals surface area contributed by atoms with E-state index in [1.807, 2.05) is 12.5 Å². The van der Waals surface area contributed by atoms with Crippen molar-refractivity contribution in [3.8, 4) is 0 Å². The van der Waals surface area contributed by atoms with Gasteiger partial charge in [0.2, 0.25) is 0 Å². The third-order valence-electron chi connectivity index (χ3n) is 2.60. The summed E-state index contributed by atoms with van der Waals surface area (Å²) in [4.78, 5) is 4.07. The first-order valence-corrected chi connectivity index (χ1v) is 5.52. The first-order chi connectivity index (χ1) is 6.36. The Labute approximate surface area is 86.7 Å². The van der Waals surface area contributed by atoms with Gasteiger partial charge in [0, 0.05) is 6.54 Å².